The van der Waals surface area contributed by atoms with Gasteiger partial charge in [-0.15, -0.1) is 0 Å². The van der Waals surface area contributed by atoms with Crippen LogP contribution in [0.5, 0.6) is 17.2 Å². The first kappa shape index (κ1) is 18.7. The van der Waals surface area contributed by atoms with Gasteiger partial charge in [0.05, 0.1) is 12.1 Å². The molecule has 0 atom stereocenters. The summed E-state index contributed by atoms with van der Waals surface area (Å²) in [6.07, 6.45) is 0. The summed E-state index contributed by atoms with van der Waals surface area (Å²) < 4.78 is 52.2. The molecule has 0 aliphatic heterocycles. The molecule has 0 bridgehead atoms. The summed E-state index contributed by atoms with van der Waals surface area (Å²) in [4.78, 5) is 11.9. The van der Waals surface area contributed by atoms with Gasteiger partial charge in [-0.05, 0) is 24.3 Å². The lowest BCUT2D eigenvalue weighted by Gasteiger charge is -2.12. The van der Waals surface area contributed by atoms with Gasteiger partial charge in [0.1, 0.15) is 11.6 Å². The summed E-state index contributed by atoms with van der Waals surface area (Å²) in [6.45, 7) is -3.43. The molecule has 2 rings (SSSR count). The molecule has 25 heavy (non-hydrogen) atoms. The van der Waals surface area contributed by atoms with Crippen molar-refractivity contribution in [3.8, 4) is 17.2 Å². The van der Waals surface area contributed by atoms with Gasteiger partial charge in [0.15, 0.2) is 18.1 Å². The number of ether oxygens (including phenoxy) is 3. The lowest BCUT2D eigenvalue weighted by molar-refractivity contribution is -0.118. The van der Waals surface area contributed by atoms with Crippen LogP contribution in [0.15, 0.2) is 36.4 Å². The van der Waals surface area contributed by atoms with Crippen LogP contribution < -0.4 is 19.5 Å². The van der Waals surface area contributed by atoms with Crippen LogP contribution in [0.1, 0.15) is 0 Å². The Morgan fingerprint density at radius 3 is 2.60 bits per heavy atom. The van der Waals surface area contributed by atoms with Crippen molar-refractivity contribution in [3.05, 3.63) is 47.2 Å². The Morgan fingerprint density at radius 2 is 1.96 bits per heavy atom. The average molecular weight is 376 g/mol. The average Bonchev–Trinajstić information content (AvgIpc) is 2.56. The second kappa shape index (κ2) is 8.48. The zero-order valence-corrected chi connectivity index (χ0v) is 13.6. The van der Waals surface area contributed by atoms with Crippen LogP contribution in [-0.4, -0.2) is 26.2 Å². The van der Waals surface area contributed by atoms with Crippen LogP contribution in [0.4, 0.5) is 18.9 Å². The molecule has 2 aromatic carbocycles. The van der Waals surface area contributed by atoms with Crippen LogP contribution in [-0.2, 0) is 4.79 Å². The Kier molecular flexibility index (Phi) is 6.35. The summed E-state index contributed by atoms with van der Waals surface area (Å²) in [5, 5.41) is 2.31. The molecule has 134 valence electrons. The van der Waals surface area contributed by atoms with E-state index in [0.717, 1.165) is 6.07 Å². The first-order valence-corrected chi connectivity index (χ1v) is 7.27. The Labute approximate surface area is 146 Å². The highest BCUT2D eigenvalue weighted by Gasteiger charge is 2.13. The van der Waals surface area contributed by atoms with Crippen LogP contribution in [0, 0.1) is 5.82 Å². The molecule has 0 radical (unpaired) electrons. The molecule has 0 aliphatic carbocycles. The topological polar surface area (TPSA) is 56.8 Å². The van der Waals surface area contributed by atoms with E-state index < -0.39 is 18.3 Å². The highest BCUT2D eigenvalue weighted by atomic mass is 35.5. The van der Waals surface area contributed by atoms with Crippen molar-refractivity contribution in [3.63, 3.8) is 0 Å². The zero-order valence-electron chi connectivity index (χ0n) is 12.9. The van der Waals surface area contributed by atoms with E-state index in [1.165, 1.54) is 37.4 Å². The second-order valence-corrected chi connectivity index (χ2v) is 5.06. The van der Waals surface area contributed by atoms with E-state index in [1.54, 1.807) is 0 Å². The molecule has 0 saturated heterocycles. The molecular formula is C16H13ClF3NO4. The van der Waals surface area contributed by atoms with E-state index >= 15 is 0 Å². The summed E-state index contributed by atoms with van der Waals surface area (Å²) in [5.74, 6) is -1.09. The normalized spacial score (nSPS) is 10.5. The number of carbonyl (C=O) groups is 1. The quantitative estimate of drug-likeness (QED) is 0.791. The molecular weight excluding hydrogens is 363 g/mol. The minimum absolute atomic E-state index is 0.0931. The lowest BCUT2D eigenvalue weighted by atomic mass is 10.2. The number of anilines is 1. The molecule has 5 nitrogen and oxygen atoms in total. The Balaban J connectivity index is 1.98. The SMILES string of the molecule is COc1ccc(NC(=O)COc2ccc(F)c(Cl)c2)cc1OC(F)F. The third-order valence-electron chi connectivity index (χ3n) is 2.92. The van der Waals surface area contributed by atoms with E-state index in [2.05, 4.69) is 10.1 Å². The van der Waals surface area contributed by atoms with Crippen molar-refractivity contribution >= 4 is 23.2 Å². The fourth-order valence-electron chi connectivity index (χ4n) is 1.86. The predicted molar refractivity (Wildman–Crippen MR) is 85.2 cm³/mol. The number of halogens is 4. The largest absolute Gasteiger partial charge is 0.493 e. The van der Waals surface area contributed by atoms with E-state index in [1.807, 2.05) is 0 Å². The number of carbonyl (C=O) groups excluding carboxylic acids is 1. The van der Waals surface area contributed by atoms with Gasteiger partial charge in [-0.3, -0.25) is 4.79 Å². The van der Waals surface area contributed by atoms with Gasteiger partial charge in [-0.25, -0.2) is 4.39 Å². The fourth-order valence-corrected chi connectivity index (χ4v) is 2.03. The predicted octanol–water partition coefficient (Wildman–Crippen LogP) is 4.11. The maximum absolute atomic E-state index is 13.0. The third-order valence-corrected chi connectivity index (χ3v) is 3.21. The number of amides is 1. The monoisotopic (exact) mass is 375 g/mol. The highest BCUT2D eigenvalue weighted by molar-refractivity contribution is 6.30. The molecule has 0 unspecified atom stereocenters. The van der Waals surface area contributed by atoms with Gasteiger partial charge in [0.2, 0.25) is 0 Å². The Bertz CT molecular complexity index is 758. The van der Waals surface area contributed by atoms with Crippen molar-refractivity contribution in [2.24, 2.45) is 0 Å². The molecule has 0 aromatic heterocycles. The third kappa shape index (κ3) is 5.46. The summed E-state index contributed by atoms with van der Waals surface area (Å²) in [5.41, 5.74) is 0.210. The minimum Gasteiger partial charge on any atom is -0.493 e. The van der Waals surface area contributed by atoms with Gasteiger partial charge in [0, 0.05) is 17.8 Å². The standard InChI is InChI=1S/C16H13ClF3NO4/c1-23-13-5-2-9(6-14(13)25-16(19)20)21-15(22)8-24-10-3-4-12(18)11(17)7-10/h2-7,16H,8H2,1H3,(H,21,22). The number of nitrogens with one attached hydrogen (secondary N) is 1. The molecule has 0 heterocycles. The molecule has 0 saturated carbocycles. The van der Waals surface area contributed by atoms with Crippen molar-refractivity contribution in [1.82, 2.24) is 0 Å². The van der Waals surface area contributed by atoms with Crippen LogP contribution in [0.25, 0.3) is 0 Å². The first-order chi connectivity index (χ1) is 11.9. The Hall–Kier alpha value is -2.61. The van der Waals surface area contributed by atoms with E-state index in [4.69, 9.17) is 21.1 Å². The van der Waals surface area contributed by atoms with Gasteiger partial charge >= 0.3 is 6.61 Å². The molecule has 1 amide bonds. The van der Waals surface area contributed by atoms with Gasteiger partial charge in [0.25, 0.3) is 5.91 Å². The number of hydrogen-bond donors (Lipinski definition) is 1. The number of rotatable bonds is 7. The van der Waals surface area contributed by atoms with Crippen LogP contribution >= 0.6 is 11.6 Å². The molecule has 0 aliphatic rings. The smallest absolute Gasteiger partial charge is 0.387 e. The van der Waals surface area contributed by atoms with Crippen molar-refractivity contribution in [1.29, 1.82) is 0 Å². The Morgan fingerprint density at radius 1 is 1.20 bits per heavy atom. The van der Waals surface area contributed by atoms with E-state index in [9.17, 15) is 18.0 Å². The minimum atomic E-state index is -3.04. The lowest BCUT2D eigenvalue weighted by Crippen LogP contribution is -2.20. The molecule has 2 aromatic rings. The maximum atomic E-state index is 13.0. The number of alkyl halides is 2. The summed E-state index contributed by atoms with van der Waals surface area (Å²) in [7, 11) is 1.30. The summed E-state index contributed by atoms with van der Waals surface area (Å²) >= 11 is 5.60. The molecule has 1 N–H and O–H groups in total. The van der Waals surface area contributed by atoms with E-state index in [-0.39, 0.29) is 34.6 Å². The fraction of sp³-hybridized carbons (Fsp3) is 0.188. The molecule has 0 fully saturated rings. The first-order valence-electron chi connectivity index (χ1n) is 6.89. The zero-order chi connectivity index (χ0) is 18.4. The van der Waals surface area contributed by atoms with E-state index in [0.29, 0.717) is 0 Å². The summed E-state index contributed by atoms with van der Waals surface area (Å²) in [6, 6.07) is 7.66. The number of hydrogen-bond acceptors (Lipinski definition) is 4. The van der Waals surface area contributed by atoms with Crippen molar-refractivity contribution in [2.45, 2.75) is 6.61 Å². The number of methoxy groups -OCH3 is 1. The molecule has 9 heteroatoms. The van der Waals surface area contributed by atoms with Gasteiger partial charge in [-0.2, -0.15) is 8.78 Å². The van der Waals surface area contributed by atoms with Crippen molar-refractivity contribution < 1.29 is 32.2 Å². The second-order valence-electron chi connectivity index (χ2n) is 4.66. The van der Waals surface area contributed by atoms with Crippen LogP contribution in [0.2, 0.25) is 5.02 Å². The highest BCUT2D eigenvalue weighted by Crippen LogP contribution is 2.31. The van der Waals surface area contributed by atoms with Crippen molar-refractivity contribution in [2.75, 3.05) is 19.0 Å². The van der Waals surface area contributed by atoms with Gasteiger partial charge in [-0.1, -0.05) is 11.6 Å². The van der Waals surface area contributed by atoms with Gasteiger partial charge < -0.3 is 19.5 Å². The number of benzene rings is 2. The molecule has 0 spiro atoms. The maximum Gasteiger partial charge on any atom is 0.387 e. The van der Waals surface area contributed by atoms with Crippen LogP contribution in [0.3, 0.4) is 0 Å².